The Morgan fingerprint density at radius 2 is 2.09 bits per heavy atom. The molecular weight excluding hydrogens is 300 g/mol. The highest BCUT2D eigenvalue weighted by molar-refractivity contribution is 7.88. The van der Waals surface area contributed by atoms with E-state index >= 15 is 0 Å². The molecule has 0 N–H and O–H groups in total. The van der Waals surface area contributed by atoms with Crippen molar-refractivity contribution in [2.75, 3.05) is 19.3 Å². The first kappa shape index (κ1) is 15.1. The minimum Gasteiger partial charge on any atom is -0.264 e. The molecule has 3 heterocycles. The predicted octanol–water partition coefficient (Wildman–Crippen LogP) is 1.68. The number of pyridine rings is 1. The number of hydrogen-bond acceptors (Lipinski definition) is 5. The van der Waals surface area contributed by atoms with Crippen LogP contribution in [0.5, 0.6) is 0 Å². The van der Waals surface area contributed by atoms with Crippen LogP contribution >= 0.6 is 0 Å². The maximum atomic E-state index is 11.7. The SMILES string of the molecule is CS(=O)(=O)N1CCC[C@@H](c2cncc(-c3cccnc3)n2)C1. The third kappa shape index (κ3) is 3.31. The van der Waals surface area contributed by atoms with Gasteiger partial charge in [-0.1, -0.05) is 0 Å². The molecule has 1 saturated heterocycles. The van der Waals surface area contributed by atoms with E-state index in [1.807, 2.05) is 12.1 Å². The maximum absolute atomic E-state index is 11.7. The van der Waals surface area contributed by atoms with Gasteiger partial charge in [0.25, 0.3) is 0 Å². The molecule has 0 aromatic carbocycles. The molecule has 0 radical (unpaired) electrons. The summed E-state index contributed by atoms with van der Waals surface area (Å²) in [5.41, 5.74) is 2.52. The van der Waals surface area contributed by atoms with Gasteiger partial charge in [-0.25, -0.2) is 17.7 Å². The van der Waals surface area contributed by atoms with Crippen molar-refractivity contribution in [3.05, 3.63) is 42.6 Å². The maximum Gasteiger partial charge on any atom is 0.211 e. The minimum absolute atomic E-state index is 0.0904. The van der Waals surface area contributed by atoms with Crippen LogP contribution in [0.15, 0.2) is 36.9 Å². The highest BCUT2D eigenvalue weighted by Gasteiger charge is 2.27. The topological polar surface area (TPSA) is 76.1 Å². The summed E-state index contributed by atoms with van der Waals surface area (Å²) in [7, 11) is -3.15. The standard InChI is InChI=1S/C15H18N4O2S/c1-22(20,21)19-7-3-5-13(11-19)15-10-17-9-14(18-15)12-4-2-6-16-8-12/h2,4,6,8-10,13H,3,5,7,11H2,1H3/t13-/m1/s1. The van der Waals surface area contributed by atoms with E-state index in [9.17, 15) is 8.42 Å². The van der Waals surface area contributed by atoms with Crippen molar-refractivity contribution in [1.29, 1.82) is 0 Å². The van der Waals surface area contributed by atoms with Crippen LogP contribution in [0.3, 0.4) is 0 Å². The average Bonchev–Trinajstić information content (AvgIpc) is 2.55. The van der Waals surface area contributed by atoms with Gasteiger partial charge >= 0.3 is 0 Å². The molecule has 0 spiro atoms. The van der Waals surface area contributed by atoms with Crippen LogP contribution in [-0.2, 0) is 10.0 Å². The predicted molar refractivity (Wildman–Crippen MR) is 83.7 cm³/mol. The van der Waals surface area contributed by atoms with Crippen molar-refractivity contribution in [2.24, 2.45) is 0 Å². The van der Waals surface area contributed by atoms with E-state index in [0.29, 0.717) is 13.1 Å². The van der Waals surface area contributed by atoms with Gasteiger partial charge in [0.05, 0.1) is 23.8 Å². The highest BCUT2D eigenvalue weighted by atomic mass is 32.2. The van der Waals surface area contributed by atoms with Crippen LogP contribution in [0.4, 0.5) is 0 Å². The van der Waals surface area contributed by atoms with E-state index in [0.717, 1.165) is 29.8 Å². The summed E-state index contributed by atoms with van der Waals surface area (Å²) < 4.78 is 25.0. The number of sulfonamides is 1. The summed E-state index contributed by atoms with van der Waals surface area (Å²) in [4.78, 5) is 13.0. The van der Waals surface area contributed by atoms with Gasteiger partial charge in [-0.3, -0.25) is 9.97 Å². The number of piperidine rings is 1. The Labute approximate surface area is 130 Å². The molecule has 2 aromatic rings. The molecule has 0 unspecified atom stereocenters. The number of rotatable bonds is 3. The fourth-order valence-electron chi connectivity index (χ4n) is 2.72. The molecule has 1 atom stereocenters. The van der Waals surface area contributed by atoms with E-state index in [4.69, 9.17) is 0 Å². The Morgan fingerprint density at radius 3 is 2.82 bits per heavy atom. The molecule has 116 valence electrons. The molecule has 1 aliphatic heterocycles. The van der Waals surface area contributed by atoms with Crippen molar-refractivity contribution < 1.29 is 8.42 Å². The third-order valence-electron chi connectivity index (χ3n) is 3.88. The van der Waals surface area contributed by atoms with Crippen molar-refractivity contribution in [3.8, 4) is 11.3 Å². The van der Waals surface area contributed by atoms with Crippen LogP contribution in [0.1, 0.15) is 24.5 Å². The van der Waals surface area contributed by atoms with E-state index in [-0.39, 0.29) is 5.92 Å². The molecule has 0 amide bonds. The van der Waals surface area contributed by atoms with Crippen LogP contribution in [0, 0.1) is 0 Å². The van der Waals surface area contributed by atoms with E-state index in [1.54, 1.807) is 24.8 Å². The highest BCUT2D eigenvalue weighted by Crippen LogP contribution is 2.27. The number of aromatic nitrogens is 3. The van der Waals surface area contributed by atoms with Gasteiger partial charge in [0, 0.05) is 43.2 Å². The van der Waals surface area contributed by atoms with Gasteiger partial charge in [-0.05, 0) is 25.0 Å². The van der Waals surface area contributed by atoms with E-state index in [1.165, 1.54) is 10.6 Å². The van der Waals surface area contributed by atoms with Crippen molar-refractivity contribution in [1.82, 2.24) is 19.3 Å². The van der Waals surface area contributed by atoms with Crippen LogP contribution in [-0.4, -0.2) is 47.0 Å². The number of nitrogens with zero attached hydrogens (tertiary/aromatic N) is 4. The smallest absolute Gasteiger partial charge is 0.211 e. The minimum atomic E-state index is -3.15. The molecule has 0 saturated carbocycles. The van der Waals surface area contributed by atoms with Crippen LogP contribution in [0.25, 0.3) is 11.3 Å². The van der Waals surface area contributed by atoms with Crippen LogP contribution in [0.2, 0.25) is 0 Å². The van der Waals surface area contributed by atoms with Crippen molar-refractivity contribution in [3.63, 3.8) is 0 Å². The monoisotopic (exact) mass is 318 g/mol. The summed E-state index contributed by atoms with van der Waals surface area (Å²) in [6.45, 7) is 1.06. The quantitative estimate of drug-likeness (QED) is 0.860. The normalized spacial score (nSPS) is 20.0. The summed E-state index contributed by atoms with van der Waals surface area (Å²) >= 11 is 0. The number of hydrogen-bond donors (Lipinski definition) is 0. The zero-order valence-electron chi connectivity index (χ0n) is 12.4. The van der Waals surface area contributed by atoms with Gasteiger partial charge in [0.1, 0.15) is 0 Å². The molecule has 0 bridgehead atoms. The fourth-order valence-corrected chi connectivity index (χ4v) is 3.63. The first-order chi connectivity index (χ1) is 10.5. The molecule has 1 fully saturated rings. The third-order valence-corrected chi connectivity index (χ3v) is 5.15. The van der Waals surface area contributed by atoms with Gasteiger partial charge in [-0.15, -0.1) is 0 Å². The Morgan fingerprint density at radius 1 is 1.23 bits per heavy atom. The molecule has 22 heavy (non-hydrogen) atoms. The lowest BCUT2D eigenvalue weighted by Crippen LogP contribution is -2.38. The Hall–Kier alpha value is -1.86. The fraction of sp³-hybridized carbons (Fsp3) is 0.400. The lowest BCUT2D eigenvalue weighted by Gasteiger charge is -2.30. The summed E-state index contributed by atoms with van der Waals surface area (Å²) in [5.74, 6) is 0.0904. The molecule has 0 aliphatic carbocycles. The largest absolute Gasteiger partial charge is 0.264 e. The first-order valence-corrected chi connectivity index (χ1v) is 9.06. The second-order valence-electron chi connectivity index (χ2n) is 5.53. The zero-order chi connectivity index (χ0) is 15.6. The second kappa shape index (κ2) is 6.10. The summed E-state index contributed by atoms with van der Waals surface area (Å²) in [6, 6.07) is 3.79. The van der Waals surface area contributed by atoms with Gasteiger partial charge < -0.3 is 0 Å². The van der Waals surface area contributed by atoms with Crippen molar-refractivity contribution in [2.45, 2.75) is 18.8 Å². The molecule has 7 heteroatoms. The van der Waals surface area contributed by atoms with Gasteiger partial charge in [0.15, 0.2) is 0 Å². The van der Waals surface area contributed by atoms with E-state index in [2.05, 4.69) is 15.0 Å². The molecule has 2 aromatic heterocycles. The van der Waals surface area contributed by atoms with Gasteiger partial charge in [0.2, 0.25) is 10.0 Å². The zero-order valence-corrected chi connectivity index (χ0v) is 13.2. The van der Waals surface area contributed by atoms with Crippen molar-refractivity contribution >= 4 is 10.0 Å². The second-order valence-corrected chi connectivity index (χ2v) is 7.51. The van der Waals surface area contributed by atoms with Crippen LogP contribution < -0.4 is 0 Å². The first-order valence-electron chi connectivity index (χ1n) is 7.21. The lowest BCUT2D eigenvalue weighted by atomic mass is 9.96. The van der Waals surface area contributed by atoms with Gasteiger partial charge in [-0.2, -0.15) is 0 Å². The molecular formula is C15H18N4O2S. The average molecular weight is 318 g/mol. The molecule has 3 rings (SSSR count). The lowest BCUT2D eigenvalue weighted by molar-refractivity contribution is 0.314. The van der Waals surface area contributed by atoms with E-state index < -0.39 is 10.0 Å². The molecule has 6 nitrogen and oxygen atoms in total. The summed E-state index contributed by atoms with van der Waals surface area (Å²) in [6.07, 6.45) is 9.93. The Bertz CT molecular complexity index is 749. The summed E-state index contributed by atoms with van der Waals surface area (Å²) in [5, 5.41) is 0. The Balaban J connectivity index is 1.86. The Kier molecular flexibility index (Phi) is 4.17. The molecule has 1 aliphatic rings.